The van der Waals surface area contributed by atoms with Crippen molar-refractivity contribution in [3.63, 3.8) is 0 Å². The van der Waals surface area contributed by atoms with Crippen molar-refractivity contribution in [3.05, 3.63) is 42.5 Å². The summed E-state index contributed by atoms with van der Waals surface area (Å²) in [5.41, 5.74) is 2.56. The molecule has 11 nitrogen and oxygen atoms in total. The van der Waals surface area contributed by atoms with Crippen molar-refractivity contribution in [2.24, 2.45) is 0 Å². The molecule has 0 radical (unpaired) electrons. The Morgan fingerprint density at radius 1 is 1.02 bits per heavy atom. The van der Waals surface area contributed by atoms with E-state index in [0.29, 0.717) is 43.6 Å². The van der Waals surface area contributed by atoms with Crippen molar-refractivity contribution in [1.29, 1.82) is 5.26 Å². The molecule has 0 atom stereocenters. The summed E-state index contributed by atoms with van der Waals surface area (Å²) >= 11 is 0. The smallest absolute Gasteiger partial charge is 0.410 e. The molecule has 4 aromatic heterocycles. The fraction of sp³-hybridized carbons (Fsp3) is 0.448. The van der Waals surface area contributed by atoms with E-state index in [2.05, 4.69) is 35.8 Å². The second-order valence-corrected chi connectivity index (χ2v) is 11.4. The first kappa shape index (κ1) is 25.8. The maximum atomic E-state index is 12.4. The van der Waals surface area contributed by atoms with Crippen LogP contribution in [0.3, 0.4) is 0 Å². The molecule has 6 rings (SSSR count). The van der Waals surface area contributed by atoms with Gasteiger partial charge < -0.3 is 24.4 Å². The lowest BCUT2D eigenvalue weighted by Gasteiger charge is -2.36. The average molecular weight is 540 g/mol. The molecule has 206 valence electrons. The first-order chi connectivity index (χ1) is 19.3. The fourth-order valence-electron chi connectivity index (χ4n) is 5.66. The van der Waals surface area contributed by atoms with E-state index in [1.165, 1.54) is 0 Å². The van der Waals surface area contributed by atoms with Crippen LogP contribution >= 0.6 is 0 Å². The van der Waals surface area contributed by atoms with Gasteiger partial charge in [0.1, 0.15) is 23.1 Å². The molecule has 2 fully saturated rings. The SMILES string of the molecule is CC(C)(C)OC(=O)N1CCN(c2ccc(Nc3ncc4c5ccnc(C#N)c5n(C5CCCC5)c4n3)nc2)CC1. The van der Waals surface area contributed by atoms with Crippen LogP contribution in [-0.4, -0.2) is 67.3 Å². The van der Waals surface area contributed by atoms with Crippen LogP contribution in [0.5, 0.6) is 0 Å². The van der Waals surface area contributed by atoms with Crippen LogP contribution in [0, 0.1) is 11.3 Å². The maximum Gasteiger partial charge on any atom is 0.410 e. The highest BCUT2D eigenvalue weighted by Gasteiger charge is 2.27. The lowest BCUT2D eigenvalue weighted by molar-refractivity contribution is 0.0240. The Morgan fingerprint density at radius 2 is 1.80 bits per heavy atom. The number of nitrogens with one attached hydrogen (secondary N) is 1. The second kappa shape index (κ2) is 10.3. The van der Waals surface area contributed by atoms with Gasteiger partial charge in [-0.25, -0.2) is 19.7 Å². The molecule has 40 heavy (non-hydrogen) atoms. The third-order valence-corrected chi connectivity index (χ3v) is 7.53. The Morgan fingerprint density at radius 3 is 2.48 bits per heavy atom. The number of anilines is 3. The van der Waals surface area contributed by atoms with Crippen LogP contribution in [0.25, 0.3) is 21.9 Å². The fourth-order valence-corrected chi connectivity index (χ4v) is 5.66. The summed E-state index contributed by atoms with van der Waals surface area (Å²) in [5.74, 6) is 1.09. The highest BCUT2D eigenvalue weighted by Crippen LogP contribution is 2.38. The molecule has 4 aromatic rings. The molecule has 1 amide bonds. The number of piperazine rings is 1. The number of rotatable bonds is 4. The van der Waals surface area contributed by atoms with Gasteiger partial charge in [-0.05, 0) is 51.8 Å². The Kier molecular flexibility index (Phi) is 6.62. The monoisotopic (exact) mass is 539 g/mol. The molecule has 0 unspecified atom stereocenters. The lowest BCUT2D eigenvalue weighted by Crippen LogP contribution is -2.50. The number of amides is 1. The number of nitrogens with zero attached hydrogens (tertiary/aromatic N) is 8. The standard InChI is InChI=1S/C29H33N9O2/c1-29(2,3)40-28(39)37-14-12-36(13-15-37)20-8-9-24(32-17-20)34-27-33-18-22-21-10-11-31-23(16-30)25(21)38(26(22)35-27)19-6-4-5-7-19/h8-11,17-19H,4-7,12-15H2,1-3H3,(H,32,33,34,35). The van der Waals surface area contributed by atoms with Crippen molar-refractivity contribution in [2.45, 2.75) is 58.1 Å². The summed E-state index contributed by atoms with van der Waals surface area (Å²) in [4.78, 5) is 34.7. The van der Waals surface area contributed by atoms with E-state index in [-0.39, 0.29) is 12.1 Å². The lowest BCUT2D eigenvalue weighted by atomic mass is 10.2. The third-order valence-electron chi connectivity index (χ3n) is 7.53. The van der Waals surface area contributed by atoms with Gasteiger partial charge in [0.15, 0.2) is 5.69 Å². The molecule has 0 aromatic carbocycles. The van der Waals surface area contributed by atoms with Gasteiger partial charge in [0.2, 0.25) is 5.95 Å². The Hall–Kier alpha value is -4.46. The van der Waals surface area contributed by atoms with E-state index >= 15 is 0 Å². The largest absolute Gasteiger partial charge is 0.444 e. The number of hydrogen-bond acceptors (Lipinski definition) is 9. The number of carbonyl (C=O) groups excluding carboxylic acids is 1. The van der Waals surface area contributed by atoms with Gasteiger partial charge in [0, 0.05) is 55.4 Å². The van der Waals surface area contributed by atoms with Crippen LogP contribution < -0.4 is 10.2 Å². The highest BCUT2D eigenvalue weighted by atomic mass is 16.6. The normalized spacial score (nSPS) is 16.4. The van der Waals surface area contributed by atoms with Crippen molar-refractivity contribution in [3.8, 4) is 6.07 Å². The van der Waals surface area contributed by atoms with Gasteiger partial charge >= 0.3 is 6.09 Å². The number of fused-ring (bicyclic) bond motifs is 3. The minimum absolute atomic E-state index is 0.270. The zero-order chi connectivity index (χ0) is 27.9. The van der Waals surface area contributed by atoms with Crippen LogP contribution in [0.1, 0.15) is 58.2 Å². The maximum absolute atomic E-state index is 12.4. The number of carbonyl (C=O) groups is 1. The summed E-state index contributed by atoms with van der Waals surface area (Å²) in [6.45, 7) is 8.24. The van der Waals surface area contributed by atoms with Crippen molar-refractivity contribution >= 4 is 45.5 Å². The van der Waals surface area contributed by atoms with E-state index in [9.17, 15) is 10.1 Å². The Balaban J connectivity index is 1.20. The predicted molar refractivity (Wildman–Crippen MR) is 153 cm³/mol. The number of aromatic nitrogens is 5. The number of nitriles is 1. The zero-order valence-electron chi connectivity index (χ0n) is 23.1. The van der Waals surface area contributed by atoms with Gasteiger partial charge in [-0.15, -0.1) is 0 Å². The van der Waals surface area contributed by atoms with Crippen molar-refractivity contribution in [1.82, 2.24) is 29.4 Å². The molecule has 1 saturated carbocycles. The van der Waals surface area contributed by atoms with Gasteiger partial charge in [0.05, 0.1) is 17.4 Å². The van der Waals surface area contributed by atoms with E-state index in [4.69, 9.17) is 9.72 Å². The minimum atomic E-state index is -0.501. The first-order valence-electron chi connectivity index (χ1n) is 13.8. The van der Waals surface area contributed by atoms with E-state index in [1.807, 2.05) is 51.4 Å². The van der Waals surface area contributed by atoms with Crippen LogP contribution in [0.2, 0.25) is 0 Å². The van der Waals surface area contributed by atoms with Crippen LogP contribution in [0.4, 0.5) is 22.2 Å². The molecule has 1 saturated heterocycles. The van der Waals surface area contributed by atoms with Gasteiger partial charge in [-0.1, -0.05) is 12.8 Å². The molecule has 11 heteroatoms. The quantitative estimate of drug-likeness (QED) is 0.374. The third kappa shape index (κ3) is 4.97. The number of hydrogen-bond donors (Lipinski definition) is 1. The summed E-state index contributed by atoms with van der Waals surface area (Å²) < 4.78 is 7.70. The Bertz CT molecular complexity index is 1590. The van der Waals surface area contributed by atoms with Gasteiger partial charge in [-0.3, -0.25) is 0 Å². The molecule has 2 aliphatic rings. The van der Waals surface area contributed by atoms with E-state index < -0.39 is 5.60 Å². The summed E-state index contributed by atoms with van der Waals surface area (Å²) in [6.07, 6.45) is 9.49. The molecule has 5 heterocycles. The first-order valence-corrected chi connectivity index (χ1v) is 13.8. The summed E-state index contributed by atoms with van der Waals surface area (Å²) in [5, 5.41) is 14.9. The average Bonchev–Trinajstić information content (AvgIpc) is 3.58. The van der Waals surface area contributed by atoms with Crippen LogP contribution in [-0.2, 0) is 4.74 Å². The van der Waals surface area contributed by atoms with Gasteiger partial charge in [-0.2, -0.15) is 10.2 Å². The topological polar surface area (TPSA) is 125 Å². The molecule has 1 aliphatic heterocycles. The number of ether oxygens (including phenoxy) is 1. The molecular weight excluding hydrogens is 506 g/mol. The molecular formula is C29H33N9O2. The summed E-state index contributed by atoms with van der Waals surface area (Å²) in [7, 11) is 0. The Labute approximate surface area is 232 Å². The zero-order valence-corrected chi connectivity index (χ0v) is 23.1. The molecule has 0 spiro atoms. The van der Waals surface area contributed by atoms with E-state index in [0.717, 1.165) is 53.3 Å². The molecule has 1 aliphatic carbocycles. The predicted octanol–water partition coefficient (Wildman–Crippen LogP) is 5.16. The minimum Gasteiger partial charge on any atom is -0.444 e. The van der Waals surface area contributed by atoms with E-state index in [1.54, 1.807) is 11.1 Å². The summed E-state index contributed by atoms with van der Waals surface area (Å²) in [6, 6.07) is 8.41. The molecule has 0 bridgehead atoms. The van der Waals surface area contributed by atoms with Crippen molar-refractivity contribution in [2.75, 3.05) is 36.4 Å². The highest BCUT2D eigenvalue weighted by molar-refractivity contribution is 6.08. The van der Waals surface area contributed by atoms with Crippen LogP contribution in [0.15, 0.2) is 36.8 Å². The number of pyridine rings is 2. The van der Waals surface area contributed by atoms with Gasteiger partial charge in [0.25, 0.3) is 0 Å². The second-order valence-electron chi connectivity index (χ2n) is 11.4. The molecule has 1 N–H and O–H groups in total. The van der Waals surface area contributed by atoms with Crippen molar-refractivity contribution < 1.29 is 9.53 Å².